The molecule has 1 aliphatic carbocycles. The Morgan fingerprint density at radius 2 is 1.52 bits per heavy atom. The van der Waals surface area contributed by atoms with Crippen molar-refractivity contribution in [2.45, 2.75) is 23.3 Å². The molecule has 14 heteroatoms. The minimum atomic E-state index is -5.05. The molecule has 0 saturated carbocycles. The summed E-state index contributed by atoms with van der Waals surface area (Å²) >= 11 is 0. The number of pyridine rings is 1. The summed E-state index contributed by atoms with van der Waals surface area (Å²) in [6, 6.07) is 19.1. The first kappa shape index (κ1) is 30.9. The molecule has 12 nitrogen and oxygen atoms in total. The van der Waals surface area contributed by atoms with Gasteiger partial charge in [-0.25, -0.2) is 4.79 Å². The highest BCUT2D eigenvalue weighted by molar-refractivity contribution is 7.86. The topological polar surface area (TPSA) is 186 Å². The van der Waals surface area contributed by atoms with Gasteiger partial charge in [-0.05, 0) is 48.4 Å². The van der Waals surface area contributed by atoms with Gasteiger partial charge in [-0.2, -0.15) is 16.8 Å². The highest BCUT2D eigenvalue weighted by atomic mass is 32.2. The average molecular weight is 661 g/mol. The highest BCUT2D eigenvalue weighted by Gasteiger charge is 2.34. The molecule has 0 unspecified atom stereocenters. The largest absolute Gasteiger partial charge is 0.457 e. The van der Waals surface area contributed by atoms with Crippen LogP contribution in [-0.2, 0) is 38.6 Å². The van der Waals surface area contributed by atoms with Crippen molar-refractivity contribution in [2.75, 3.05) is 5.32 Å². The molecule has 0 fully saturated rings. The van der Waals surface area contributed by atoms with Crippen LogP contribution in [0.5, 0.6) is 0 Å². The van der Waals surface area contributed by atoms with Gasteiger partial charge in [0.1, 0.15) is 17.1 Å². The zero-order valence-corrected chi connectivity index (χ0v) is 25.8. The number of ether oxygens (including phenoxy) is 1. The molecule has 0 spiro atoms. The maximum atomic E-state index is 14.1. The predicted octanol–water partition coefficient (Wildman–Crippen LogP) is 4.65. The van der Waals surface area contributed by atoms with E-state index in [1.165, 1.54) is 29.8 Å². The minimum absolute atomic E-state index is 0.0188. The summed E-state index contributed by atoms with van der Waals surface area (Å²) < 4.78 is 74.0. The number of hydrogen-bond donors (Lipinski definition) is 3. The third-order valence-electron chi connectivity index (χ3n) is 7.69. The Morgan fingerprint density at radius 3 is 2.20 bits per heavy atom. The molecule has 1 aromatic heterocycles. The van der Waals surface area contributed by atoms with E-state index in [9.17, 15) is 40.3 Å². The molecule has 4 aromatic carbocycles. The number of nitrogens with one attached hydrogen (secondary N) is 1. The number of hydrogen-bond acceptors (Lipinski definition) is 9. The number of aromatic nitrogens is 1. The summed E-state index contributed by atoms with van der Waals surface area (Å²) in [5.74, 6) is -1.43. The monoisotopic (exact) mass is 660 g/mol. The smallest absolute Gasteiger partial charge is 0.344 e. The number of carbonyl (C=O) groups excluding carboxylic acids is 2. The number of aryl methyl sites for hydroxylation is 2. The predicted molar refractivity (Wildman–Crippen MR) is 168 cm³/mol. The normalized spacial score (nSPS) is 12.6. The molecule has 3 N–H and O–H groups in total. The van der Waals surface area contributed by atoms with E-state index in [2.05, 4.69) is 5.32 Å². The van der Waals surface area contributed by atoms with Gasteiger partial charge in [0.15, 0.2) is 5.78 Å². The number of rotatable bonds is 7. The second-order valence-electron chi connectivity index (χ2n) is 10.7. The van der Waals surface area contributed by atoms with Gasteiger partial charge in [0.25, 0.3) is 25.8 Å². The number of fused-ring (bicyclic) bond motifs is 2. The van der Waals surface area contributed by atoms with Crippen molar-refractivity contribution < 1.29 is 40.3 Å². The van der Waals surface area contributed by atoms with Crippen LogP contribution in [0.15, 0.2) is 93.4 Å². The molecule has 0 saturated heterocycles. The van der Waals surface area contributed by atoms with E-state index >= 15 is 0 Å². The third-order valence-corrected chi connectivity index (χ3v) is 9.43. The van der Waals surface area contributed by atoms with Gasteiger partial charge < -0.3 is 14.6 Å². The van der Waals surface area contributed by atoms with Crippen LogP contribution in [0.3, 0.4) is 0 Å². The number of benzene rings is 4. The highest BCUT2D eigenvalue weighted by Crippen LogP contribution is 2.44. The summed E-state index contributed by atoms with van der Waals surface area (Å²) in [6.07, 6.45) is 0. The molecule has 1 heterocycles. The molecule has 0 radical (unpaired) electrons. The van der Waals surface area contributed by atoms with Crippen LogP contribution in [0, 0.1) is 6.92 Å². The SMILES string of the molecule is Cc1cccc(COC(=O)c2c3c4c(c(Nc5ccc(S(=O)(=O)O)cc5S(=O)(=O)O)ccc4n(C)c2=O)C(=O)c2ccccc2-3)c1. The van der Waals surface area contributed by atoms with Crippen LogP contribution in [0.25, 0.3) is 22.0 Å². The standard InChI is InChI=1S/C32H24N2O10S2/c1-17-6-5-7-18(14-17)16-44-32(37)29-26-20-8-3-4-9-21(20)30(35)27-23(12-13-24(28(26)27)34(2)31(29)36)33-22-11-10-19(45(38,39)40)15-25(22)46(41,42)43/h3-15,33H,16H2,1-2H3,(H,38,39,40)(H,41,42,43). The Bertz CT molecular complexity index is 2430. The number of carbonyl (C=O) groups is 2. The van der Waals surface area contributed by atoms with E-state index < -0.39 is 47.3 Å². The Hall–Kier alpha value is -5.15. The average Bonchev–Trinajstić information content (AvgIpc) is 3.00. The van der Waals surface area contributed by atoms with Crippen molar-refractivity contribution in [3.8, 4) is 11.1 Å². The van der Waals surface area contributed by atoms with Gasteiger partial charge >= 0.3 is 5.97 Å². The van der Waals surface area contributed by atoms with Crippen LogP contribution in [0.2, 0.25) is 0 Å². The van der Waals surface area contributed by atoms with Gasteiger partial charge in [0.2, 0.25) is 0 Å². The fourth-order valence-electron chi connectivity index (χ4n) is 5.61. The van der Waals surface area contributed by atoms with Gasteiger partial charge in [-0.15, -0.1) is 0 Å². The van der Waals surface area contributed by atoms with Gasteiger partial charge in [-0.1, -0.05) is 54.1 Å². The second-order valence-corrected chi connectivity index (χ2v) is 13.5. The molecular weight excluding hydrogens is 636 g/mol. The van der Waals surface area contributed by atoms with Gasteiger partial charge in [0.05, 0.1) is 27.4 Å². The summed E-state index contributed by atoms with van der Waals surface area (Å²) in [5.41, 5.74) is 1.28. The summed E-state index contributed by atoms with van der Waals surface area (Å²) in [4.78, 5) is 39.8. The first-order valence-electron chi connectivity index (χ1n) is 13.6. The third kappa shape index (κ3) is 5.26. The summed E-state index contributed by atoms with van der Waals surface area (Å²) in [6.45, 7) is 1.77. The Kier molecular flexibility index (Phi) is 7.40. The molecule has 0 bridgehead atoms. The Labute approximate surface area is 262 Å². The lowest BCUT2D eigenvalue weighted by molar-refractivity contribution is 0.0470. The van der Waals surface area contributed by atoms with Crippen LogP contribution in [-0.4, -0.2) is 42.3 Å². The fraction of sp³-hybridized carbons (Fsp3) is 0.0938. The lowest BCUT2D eigenvalue weighted by Gasteiger charge is -2.25. The lowest BCUT2D eigenvalue weighted by Crippen LogP contribution is -2.29. The molecule has 0 amide bonds. The number of anilines is 2. The molecule has 0 atom stereocenters. The van der Waals surface area contributed by atoms with Crippen molar-refractivity contribution >= 4 is 54.3 Å². The molecule has 234 valence electrons. The van der Waals surface area contributed by atoms with Crippen molar-refractivity contribution in [1.82, 2.24) is 4.57 Å². The molecule has 46 heavy (non-hydrogen) atoms. The van der Waals surface area contributed by atoms with Crippen molar-refractivity contribution in [3.05, 3.63) is 117 Å². The van der Waals surface area contributed by atoms with Crippen LogP contribution in [0.4, 0.5) is 11.4 Å². The first-order valence-corrected chi connectivity index (χ1v) is 16.5. The van der Waals surface area contributed by atoms with Crippen LogP contribution in [0.1, 0.15) is 37.4 Å². The number of ketones is 1. The number of nitrogens with zero attached hydrogens (tertiary/aromatic N) is 1. The molecule has 1 aliphatic rings. The van der Waals surface area contributed by atoms with E-state index in [1.807, 2.05) is 25.1 Å². The van der Waals surface area contributed by atoms with Gasteiger partial charge in [-0.3, -0.25) is 18.7 Å². The van der Waals surface area contributed by atoms with E-state index in [1.54, 1.807) is 24.3 Å². The van der Waals surface area contributed by atoms with E-state index in [0.29, 0.717) is 17.2 Å². The second kappa shape index (κ2) is 11.0. The maximum absolute atomic E-state index is 14.1. The van der Waals surface area contributed by atoms with E-state index in [4.69, 9.17) is 4.74 Å². The van der Waals surface area contributed by atoms with Crippen molar-refractivity contribution in [3.63, 3.8) is 0 Å². The quantitative estimate of drug-likeness (QED) is 0.160. The van der Waals surface area contributed by atoms with Crippen LogP contribution < -0.4 is 10.9 Å². The molecular formula is C32H24N2O10S2. The zero-order valence-electron chi connectivity index (χ0n) is 24.1. The van der Waals surface area contributed by atoms with Gasteiger partial charge in [0, 0.05) is 23.6 Å². The molecule has 5 aromatic rings. The van der Waals surface area contributed by atoms with Crippen LogP contribution >= 0.6 is 0 Å². The summed E-state index contributed by atoms with van der Waals surface area (Å²) in [7, 11) is -8.45. The maximum Gasteiger partial charge on any atom is 0.344 e. The zero-order chi connectivity index (χ0) is 33.1. The fourth-order valence-corrected chi connectivity index (χ4v) is 6.87. The van der Waals surface area contributed by atoms with E-state index in [0.717, 1.165) is 17.7 Å². The Balaban J connectivity index is 1.59. The van der Waals surface area contributed by atoms with E-state index in [-0.39, 0.29) is 51.1 Å². The lowest BCUT2D eigenvalue weighted by atomic mass is 9.81. The van der Waals surface area contributed by atoms with Crippen molar-refractivity contribution in [1.29, 1.82) is 0 Å². The Morgan fingerprint density at radius 1 is 0.826 bits per heavy atom. The minimum Gasteiger partial charge on any atom is -0.457 e. The number of esters is 1. The molecule has 6 rings (SSSR count). The van der Waals surface area contributed by atoms with Crippen molar-refractivity contribution in [2.24, 2.45) is 7.05 Å². The summed E-state index contributed by atoms with van der Waals surface area (Å²) in [5, 5.41) is 3.00. The molecule has 0 aliphatic heterocycles. The first-order chi connectivity index (χ1) is 21.7.